The van der Waals surface area contributed by atoms with E-state index >= 15 is 0 Å². The summed E-state index contributed by atoms with van der Waals surface area (Å²) in [5.74, 6) is -1.47. The largest absolute Gasteiger partial charge is 0.457 e. The molecule has 0 amide bonds. The van der Waals surface area contributed by atoms with Gasteiger partial charge in [0.25, 0.3) is 0 Å². The van der Waals surface area contributed by atoms with E-state index in [1.807, 2.05) is 0 Å². The standard InChI is InChI=1S/C19H30NO6/c1-5-9-10-20(11-14-24-17(21)6-2,12-15-25-18(22)7-3)13-16-26-19(23)8-4/h6-8H,2-5,9-16H2,1H3/q+1. The van der Waals surface area contributed by atoms with Gasteiger partial charge in [0.05, 0.1) is 6.54 Å². The number of nitrogens with zero attached hydrogens (tertiary/aromatic N) is 1. The van der Waals surface area contributed by atoms with E-state index in [4.69, 9.17) is 14.2 Å². The summed E-state index contributed by atoms with van der Waals surface area (Å²) in [6.07, 6.45) is 5.24. The van der Waals surface area contributed by atoms with Gasteiger partial charge in [0.1, 0.15) is 39.5 Å². The van der Waals surface area contributed by atoms with E-state index in [0.717, 1.165) is 37.6 Å². The summed E-state index contributed by atoms with van der Waals surface area (Å²) in [6, 6.07) is 0. The summed E-state index contributed by atoms with van der Waals surface area (Å²) in [7, 11) is 0. The predicted octanol–water partition coefficient (Wildman–Crippen LogP) is 1.79. The maximum Gasteiger partial charge on any atom is 0.330 e. The molecule has 0 fully saturated rings. The van der Waals surface area contributed by atoms with E-state index in [1.165, 1.54) is 0 Å². The third-order valence-corrected chi connectivity index (χ3v) is 3.92. The molecule has 0 aromatic carbocycles. The summed E-state index contributed by atoms with van der Waals surface area (Å²) >= 11 is 0. The number of unbranched alkanes of at least 4 members (excludes halogenated alkanes) is 1. The second-order valence-corrected chi connectivity index (χ2v) is 5.70. The first-order valence-corrected chi connectivity index (χ1v) is 8.65. The molecular formula is C19H30NO6+. The molecule has 0 aliphatic rings. The molecular weight excluding hydrogens is 338 g/mol. The molecule has 0 rings (SSSR count). The van der Waals surface area contributed by atoms with Crippen LogP contribution in [0.25, 0.3) is 0 Å². The average Bonchev–Trinajstić information content (AvgIpc) is 2.65. The highest BCUT2D eigenvalue weighted by atomic mass is 16.5. The number of carbonyl (C=O) groups is 3. The molecule has 146 valence electrons. The van der Waals surface area contributed by atoms with Crippen LogP contribution in [0, 0.1) is 0 Å². The minimum Gasteiger partial charge on any atom is -0.457 e. The van der Waals surface area contributed by atoms with Crippen molar-refractivity contribution in [1.29, 1.82) is 0 Å². The topological polar surface area (TPSA) is 78.9 Å². The van der Waals surface area contributed by atoms with Gasteiger partial charge in [-0.1, -0.05) is 33.1 Å². The summed E-state index contributed by atoms with van der Waals surface area (Å²) in [6.45, 7) is 15.1. The van der Waals surface area contributed by atoms with Crippen LogP contribution in [0.5, 0.6) is 0 Å². The Morgan fingerprint density at radius 2 is 1.08 bits per heavy atom. The monoisotopic (exact) mass is 368 g/mol. The van der Waals surface area contributed by atoms with Gasteiger partial charge in [-0.25, -0.2) is 14.4 Å². The van der Waals surface area contributed by atoms with Crippen LogP contribution in [0.4, 0.5) is 0 Å². The van der Waals surface area contributed by atoms with Crippen molar-refractivity contribution in [1.82, 2.24) is 0 Å². The summed E-state index contributed by atoms with van der Waals surface area (Å²) in [4.78, 5) is 33.9. The second kappa shape index (κ2) is 13.8. The van der Waals surface area contributed by atoms with Gasteiger partial charge in [-0.2, -0.15) is 0 Å². The van der Waals surface area contributed by atoms with Crippen LogP contribution >= 0.6 is 0 Å². The second-order valence-electron chi connectivity index (χ2n) is 5.70. The summed E-state index contributed by atoms with van der Waals surface area (Å²) in [5.41, 5.74) is 0. The molecule has 0 saturated heterocycles. The van der Waals surface area contributed by atoms with Crippen LogP contribution in [-0.2, 0) is 28.6 Å². The third-order valence-electron chi connectivity index (χ3n) is 3.92. The number of esters is 3. The maximum absolute atomic E-state index is 11.3. The number of hydrogen-bond donors (Lipinski definition) is 0. The van der Waals surface area contributed by atoms with E-state index in [9.17, 15) is 14.4 Å². The van der Waals surface area contributed by atoms with Gasteiger partial charge in [-0.3, -0.25) is 0 Å². The average molecular weight is 368 g/mol. The Morgan fingerprint density at radius 3 is 1.35 bits per heavy atom. The Labute approximate surface area is 155 Å². The van der Waals surface area contributed by atoms with Crippen molar-refractivity contribution >= 4 is 17.9 Å². The lowest BCUT2D eigenvalue weighted by atomic mass is 10.2. The van der Waals surface area contributed by atoms with Crippen molar-refractivity contribution < 1.29 is 33.1 Å². The van der Waals surface area contributed by atoms with Crippen LogP contribution in [0.15, 0.2) is 38.0 Å². The minimum atomic E-state index is -0.491. The van der Waals surface area contributed by atoms with Gasteiger partial charge in [0.15, 0.2) is 0 Å². The number of carbonyl (C=O) groups excluding carboxylic acids is 3. The predicted molar refractivity (Wildman–Crippen MR) is 98.1 cm³/mol. The molecule has 0 aliphatic carbocycles. The lowest BCUT2D eigenvalue weighted by molar-refractivity contribution is -0.928. The zero-order valence-corrected chi connectivity index (χ0v) is 15.6. The highest BCUT2D eigenvalue weighted by Gasteiger charge is 2.28. The summed E-state index contributed by atoms with van der Waals surface area (Å²) in [5, 5.41) is 0. The summed E-state index contributed by atoms with van der Waals surface area (Å²) < 4.78 is 15.8. The lowest BCUT2D eigenvalue weighted by Gasteiger charge is -2.38. The Hall–Kier alpha value is -2.41. The SMILES string of the molecule is C=CC(=O)OCC[N+](CCCC)(CCOC(=O)C=C)CCOC(=O)C=C. The van der Waals surface area contributed by atoms with E-state index in [1.54, 1.807) is 0 Å². The maximum atomic E-state index is 11.3. The molecule has 0 N–H and O–H groups in total. The van der Waals surface area contributed by atoms with Crippen LogP contribution in [0.1, 0.15) is 19.8 Å². The van der Waals surface area contributed by atoms with Gasteiger partial charge in [0, 0.05) is 18.2 Å². The van der Waals surface area contributed by atoms with E-state index in [0.29, 0.717) is 24.1 Å². The molecule has 0 unspecified atom stereocenters. The van der Waals surface area contributed by atoms with Crippen molar-refractivity contribution in [3.63, 3.8) is 0 Å². The smallest absolute Gasteiger partial charge is 0.330 e. The van der Waals surface area contributed by atoms with Crippen LogP contribution in [0.3, 0.4) is 0 Å². The Bertz CT molecular complexity index is 436. The molecule has 0 aromatic rings. The number of hydrogen-bond acceptors (Lipinski definition) is 6. The fourth-order valence-corrected chi connectivity index (χ4v) is 2.36. The normalized spacial score (nSPS) is 10.5. The van der Waals surface area contributed by atoms with Crippen molar-refractivity contribution in [3.05, 3.63) is 38.0 Å². The molecule has 0 radical (unpaired) electrons. The van der Waals surface area contributed by atoms with Crippen molar-refractivity contribution in [2.45, 2.75) is 19.8 Å². The highest BCUT2D eigenvalue weighted by molar-refractivity contribution is 5.81. The molecule has 0 saturated carbocycles. The molecule has 26 heavy (non-hydrogen) atoms. The van der Waals surface area contributed by atoms with Crippen molar-refractivity contribution in [2.75, 3.05) is 46.0 Å². The molecule has 0 spiro atoms. The number of quaternary nitrogens is 1. The zero-order chi connectivity index (χ0) is 19.8. The minimum absolute atomic E-state index is 0.194. The van der Waals surface area contributed by atoms with Gasteiger partial charge < -0.3 is 18.7 Å². The Balaban J connectivity index is 4.98. The van der Waals surface area contributed by atoms with Crippen molar-refractivity contribution in [3.8, 4) is 0 Å². The highest BCUT2D eigenvalue weighted by Crippen LogP contribution is 2.11. The van der Waals surface area contributed by atoms with Crippen LogP contribution in [0.2, 0.25) is 0 Å². The fraction of sp³-hybridized carbons (Fsp3) is 0.526. The van der Waals surface area contributed by atoms with Crippen molar-refractivity contribution in [2.24, 2.45) is 0 Å². The molecule has 7 heteroatoms. The van der Waals surface area contributed by atoms with E-state index in [-0.39, 0.29) is 19.8 Å². The van der Waals surface area contributed by atoms with E-state index in [2.05, 4.69) is 26.7 Å². The number of ether oxygens (including phenoxy) is 3. The third kappa shape index (κ3) is 10.5. The lowest BCUT2D eigenvalue weighted by Crippen LogP contribution is -2.54. The van der Waals surface area contributed by atoms with Gasteiger partial charge in [0.2, 0.25) is 0 Å². The Kier molecular flexibility index (Phi) is 12.6. The fourth-order valence-electron chi connectivity index (χ4n) is 2.36. The van der Waals surface area contributed by atoms with Gasteiger partial charge >= 0.3 is 17.9 Å². The van der Waals surface area contributed by atoms with Crippen LogP contribution in [-0.4, -0.2) is 68.4 Å². The van der Waals surface area contributed by atoms with Gasteiger partial charge in [-0.15, -0.1) is 0 Å². The first kappa shape index (κ1) is 23.6. The Morgan fingerprint density at radius 1 is 0.731 bits per heavy atom. The molecule has 7 nitrogen and oxygen atoms in total. The molecule has 0 aromatic heterocycles. The first-order chi connectivity index (χ1) is 12.4. The van der Waals surface area contributed by atoms with Crippen LogP contribution < -0.4 is 0 Å². The number of rotatable bonds is 15. The molecule has 0 heterocycles. The van der Waals surface area contributed by atoms with E-state index < -0.39 is 17.9 Å². The quantitative estimate of drug-likeness (QED) is 0.190. The van der Waals surface area contributed by atoms with Gasteiger partial charge in [-0.05, 0) is 6.42 Å². The molecule has 0 atom stereocenters. The molecule has 0 bridgehead atoms. The molecule has 0 aliphatic heterocycles. The zero-order valence-electron chi connectivity index (χ0n) is 15.6. The first-order valence-electron chi connectivity index (χ1n) is 8.65.